The second kappa shape index (κ2) is 4.58. The van der Waals surface area contributed by atoms with E-state index in [0.717, 1.165) is 21.2 Å². The summed E-state index contributed by atoms with van der Waals surface area (Å²) < 4.78 is 17.1. The average molecular weight is 337 g/mol. The third-order valence-corrected chi connectivity index (χ3v) is 3.84. The van der Waals surface area contributed by atoms with Crippen LogP contribution in [0.25, 0.3) is 16.7 Å². The highest BCUT2D eigenvalue weighted by atomic mass is 79.9. The molecule has 0 saturated carbocycles. The lowest BCUT2D eigenvalue weighted by Gasteiger charge is -2.06. The van der Waals surface area contributed by atoms with Gasteiger partial charge >= 0.3 is 0 Å². The average Bonchev–Trinajstić information content (AvgIpc) is 2.68. The van der Waals surface area contributed by atoms with Crippen LogP contribution in [0.1, 0.15) is 5.56 Å². The Morgan fingerprint density at radius 3 is 2.74 bits per heavy atom. The Balaban J connectivity index is 2.32. The van der Waals surface area contributed by atoms with Gasteiger partial charge in [-0.2, -0.15) is 0 Å². The number of imidazole rings is 1. The second-order valence-electron chi connectivity index (χ2n) is 4.36. The zero-order valence-electron chi connectivity index (χ0n) is 10.1. The minimum absolute atomic E-state index is 0.231. The monoisotopic (exact) mass is 336 g/mol. The van der Waals surface area contributed by atoms with Gasteiger partial charge in [-0.05, 0) is 55.0 Å². The van der Waals surface area contributed by atoms with E-state index in [1.807, 2.05) is 28.8 Å². The van der Waals surface area contributed by atoms with Crippen LogP contribution in [-0.2, 0) is 0 Å². The van der Waals surface area contributed by atoms with Crippen molar-refractivity contribution >= 4 is 39.2 Å². The van der Waals surface area contributed by atoms with Gasteiger partial charge in [0.1, 0.15) is 5.82 Å². The summed E-state index contributed by atoms with van der Waals surface area (Å²) in [6.07, 6.45) is 0. The number of aryl methyl sites for hydroxylation is 1. The Hall–Kier alpha value is -1.46. The number of nitrogens with one attached hydrogen (secondary N) is 1. The number of rotatable bonds is 1. The van der Waals surface area contributed by atoms with Crippen LogP contribution in [0.15, 0.2) is 40.9 Å². The number of halogens is 2. The summed E-state index contributed by atoms with van der Waals surface area (Å²) in [5, 5.41) is 0. The first kappa shape index (κ1) is 12.6. The van der Waals surface area contributed by atoms with Crippen molar-refractivity contribution in [3.63, 3.8) is 0 Å². The van der Waals surface area contributed by atoms with Gasteiger partial charge in [0.25, 0.3) is 0 Å². The minimum atomic E-state index is -0.231. The standard InChI is InChI=1S/C14H10BrFN2S/c1-8-2-4-10(7-11(8)16)18-13-5-3-9(15)6-12(13)17-14(18)19/h2-7H,1H3,(H,17,19). The molecule has 0 unspecified atom stereocenters. The van der Waals surface area contributed by atoms with Gasteiger partial charge < -0.3 is 4.98 Å². The Morgan fingerprint density at radius 1 is 1.21 bits per heavy atom. The molecule has 0 spiro atoms. The molecule has 0 radical (unpaired) electrons. The van der Waals surface area contributed by atoms with E-state index >= 15 is 0 Å². The lowest BCUT2D eigenvalue weighted by molar-refractivity contribution is 0.617. The van der Waals surface area contributed by atoms with Crippen molar-refractivity contribution in [2.45, 2.75) is 6.92 Å². The van der Waals surface area contributed by atoms with Crippen LogP contribution in [0, 0.1) is 17.5 Å². The summed E-state index contributed by atoms with van der Waals surface area (Å²) in [7, 11) is 0. The predicted molar refractivity (Wildman–Crippen MR) is 80.9 cm³/mol. The number of benzene rings is 2. The summed E-state index contributed by atoms with van der Waals surface area (Å²) in [5.41, 5.74) is 3.19. The molecule has 1 heterocycles. The Labute approximate surface area is 123 Å². The molecule has 3 aromatic rings. The molecule has 0 saturated heterocycles. The SMILES string of the molecule is Cc1ccc(-n2c(=S)[nH]c3cc(Br)ccc32)cc1F. The molecule has 0 amide bonds. The second-order valence-corrected chi connectivity index (χ2v) is 5.66. The normalized spacial score (nSPS) is 11.1. The van der Waals surface area contributed by atoms with E-state index in [1.165, 1.54) is 6.07 Å². The fourth-order valence-corrected chi connectivity index (χ4v) is 2.74. The fourth-order valence-electron chi connectivity index (χ4n) is 2.06. The molecule has 0 bridgehead atoms. The van der Waals surface area contributed by atoms with E-state index in [9.17, 15) is 4.39 Å². The zero-order valence-corrected chi connectivity index (χ0v) is 12.5. The van der Waals surface area contributed by atoms with E-state index in [1.54, 1.807) is 13.0 Å². The molecule has 96 valence electrons. The summed E-state index contributed by atoms with van der Waals surface area (Å²) in [6, 6.07) is 11.0. The number of hydrogen-bond donors (Lipinski definition) is 1. The van der Waals surface area contributed by atoms with Crippen molar-refractivity contribution in [2.24, 2.45) is 0 Å². The molecule has 5 heteroatoms. The van der Waals surface area contributed by atoms with Gasteiger partial charge in [0.05, 0.1) is 16.7 Å². The smallest absolute Gasteiger partial charge is 0.182 e. The fraction of sp³-hybridized carbons (Fsp3) is 0.0714. The van der Waals surface area contributed by atoms with E-state index in [2.05, 4.69) is 20.9 Å². The molecule has 19 heavy (non-hydrogen) atoms. The number of nitrogens with zero attached hydrogens (tertiary/aromatic N) is 1. The van der Waals surface area contributed by atoms with Crippen LogP contribution in [0.2, 0.25) is 0 Å². The number of aromatic amines is 1. The van der Waals surface area contributed by atoms with Crippen LogP contribution in [0.4, 0.5) is 4.39 Å². The van der Waals surface area contributed by atoms with Crippen LogP contribution in [-0.4, -0.2) is 9.55 Å². The lowest BCUT2D eigenvalue weighted by Crippen LogP contribution is -1.95. The summed E-state index contributed by atoms with van der Waals surface area (Å²) in [4.78, 5) is 3.13. The lowest BCUT2D eigenvalue weighted by atomic mass is 10.2. The third kappa shape index (κ3) is 2.13. The minimum Gasteiger partial charge on any atom is -0.330 e. The largest absolute Gasteiger partial charge is 0.330 e. The molecule has 0 aliphatic carbocycles. The van der Waals surface area contributed by atoms with E-state index in [4.69, 9.17) is 12.2 Å². The van der Waals surface area contributed by atoms with Gasteiger partial charge in [-0.3, -0.25) is 4.57 Å². The van der Waals surface area contributed by atoms with Gasteiger partial charge in [0.15, 0.2) is 4.77 Å². The number of fused-ring (bicyclic) bond motifs is 1. The summed E-state index contributed by atoms with van der Waals surface area (Å²) in [6.45, 7) is 1.74. The molecule has 2 nitrogen and oxygen atoms in total. The van der Waals surface area contributed by atoms with Crippen molar-refractivity contribution in [1.29, 1.82) is 0 Å². The topological polar surface area (TPSA) is 20.7 Å². The number of aromatic nitrogens is 2. The number of hydrogen-bond acceptors (Lipinski definition) is 1. The van der Waals surface area contributed by atoms with E-state index in [-0.39, 0.29) is 5.82 Å². The first-order valence-electron chi connectivity index (χ1n) is 5.73. The van der Waals surface area contributed by atoms with Gasteiger partial charge in [-0.1, -0.05) is 22.0 Å². The van der Waals surface area contributed by atoms with Crippen LogP contribution in [0.5, 0.6) is 0 Å². The molecule has 0 atom stereocenters. The van der Waals surface area contributed by atoms with Gasteiger partial charge in [-0.25, -0.2) is 4.39 Å². The van der Waals surface area contributed by atoms with Crippen LogP contribution >= 0.6 is 28.1 Å². The van der Waals surface area contributed by atoms with Gasteiger partial charge in [-0.15, -0.1) is 0 Å². The molecular formula is C14H10BrFN2S. The first-order chi connectivity index (χ1) is 9.06. The van der Waals surface area contributed by atoms with Crippen LogP contribution in [0.3, 0.4) is 0 Å². The molecule has 0 aliphatic heterocycles. The maximum Gasteiger partial charge on any atom is 0.182 e. The van der Waals surface area contributed by atoms with Crippen molar-refractivity contribution in [1.82, 2.24) is 9.55 Å². The van der Waals surface area contributed by atoms with Crippen molar-refractivity contribution < 1.29 is 4.39 Å². The van der Waals surface area contributed by atoms with Gasteiger partial charge in [0, 0.05) is 4.47 Å². The highest BCUT2D eigenvalue weighted by molar-refractivity contribution is 9.10. The molecule has 0 aliphatic rings. The quantitative estimate of drug-likeness (QED) is 0.627. The highest BCUT2D eigenvalue weighted by Crippen LogP contribution is 2.23. The van der Waals surface area contributed by atoms with Gasteiger partial charge in [0.2, 0.25) is 0 Å². The van der Waals surface area contributed by atoms with Crippen molar-refractivity contribution in [3.8, 4) is 5.69 Å². The van der Waals surface area contributed by atoms with Crippen molar-refractivity contribution in [3.05, 3.63) is 57.0 Å². The highest BCUT2D eigenvalue weighted by Gasteiger charge is 2.08. The molecule has 1 aromatic heterocycles. The first-order valence-corrected chi connectivity index (χ1v) is 6.93. The van der Waals surface area contributed by atoms with Crippen molar-refractivity contribution in [2.75, 3.05) is 0 Å². The maximum absolute atomic E-state index is 13.7. The Bertz CT molecular complexity index is 835. The molecule has 2 aromatic carbocycles. The Kier molecular flexibility index (Phi) is 3.03. The zero-order chi connectivity index (χ0) is 13.6. The van der Waals surface area contributed by atoms with E-state index < -0.39 is 0 Å². The Morgan fingerprint density at radius 2 is 2.00 bits per heavy atom. The molecular weight excluding hydrogens is 327 g/mol. The summed E-state index contributed by atoms with van der Waals surface area (Å²) in [5.74, 6) is -0.231. The molecule has 1 N–H and O–H groups in total. The third-order valence-electron chi connectivity index (χ3n) is 3.06. The summed E-state index contributed by atoms with van der Waals surface area (Å²) >= 11 is 8.74. The van der Waals surface area contributed by atoms with E-state index in [0.29, 0.717) is 10.3 Å². The van der Waals surface area contributed by atoms with Crippen LogP contribution < -0.4 is 0 Å². The molecule has 0 fully saturated rings. The maximum atomic E-state index is 13.7. The predicted octanol–water partition coefficient (Wildman–Crippen LogP) is 4.90. The number of H-pyrrole nitrogens is 1. The molecule has 3 rings (SSSR count).